The van der Waals surface area contributed by atoms with Gasteiger partial charge in [-0.05, 0) is 25.1 Å². The molecule has 1 aliphatic rings. The number of likely N-dealkylation sites (N-methyl/N-ethyl adjacent to an activating group) is 1. The van der Waals surface area contributed by atoms with Crippen LogP contribution < -0.4 is 10.2 Å². The quantitative estimate of drug-likeness (QED) is 0.784. The van der Waals surface area contributed by atoms with Crippen LogP contribution in [-0.4, -0.2) is 26.0 Å². The normalized spacial score (nSPS) is 14.1. The van der Waals surface area contributed by atoms with Crippen molar-refractivity contribution < 1.29 is 9.18 Å². The van der Waals surface area contributed by atoms with Gasteiger partial charge in [-0.1, -0.05) is 12.1 Å². The largest absolute Gasteiger partial charge is 0.311 e. The van der Waals surface area contributed by atoms with E-state index < -0.39 is 0 Å². The monoisotopic (exact) mass is 208 g/mol. The van der Waals surface area contributed by atoms with Gasteiger partial charge in [0.2, 0.25) is 5.91 Å². The molecule has 80 valence electrons. The number of carbonyl (C=O) groups is 1. The molecule has 0 spiro atoms. The molecule has 0 saturated heterocycles. The van der Waals surface area contributed by atoms with E-state index in [1.54, 1.807) is 13.1 Å². The Morgan fingerprint density at radius 1 is 1.60 bits per heavy atom. The molecule has 2 rings (SSSR count). The number of halogens is 1. The molecule has 1 heterocycles. The molecule has 1 amide bonds. The van der Waals surface area contributed by atoms with E-state index in [1.165, 1.54) is 11.0 Å². The summed E-state index contributed by atoms with van der Waals surface area (Å²) in [6, 6.07) is 4.94. The van der Waals surface area contributed by atoms with Crippen molar-refractivity contribution >= 4 is 11.6 Å². The molecule has 1 aromatic carbocycles. The number of para-hydroxylation sites is 1. The van der Waals surface area contributed by atoms with E-state index >= 15 is 0 Å². The lowest BCUT2D eigenvalue weighted by atomic mass is 10.1. The smallest absolute Gasteiger partial charge is 0.241 e. The number of nitrogens with zero attached hydrogens (tertiary/aromatic N) is 1. The van der Waals surface area contributed by atoms with Gasteiger partial charge >= 0.3 is 0 Å². The van der Waals surface area contributed by atoms with Gasteiger partial charge in [-0.2, -0.15) is 0 Å². The average Bonchev–Trinajstić information content (AvgIpc) is 2.63. The molecule has 1 N–H and O–H groups in total. The van der Waals surface area contributed by atoms with Crippen LogP contribution >= 0.6 is 0 Å². The van der Waals surface area contributed by atoms with Crippen molar-refractivity contribution in [2.75, 3.05) is 25.0 Å². The number of fused-ring (bicyclic) bond motifs is 1. The van der Waals surface area contributed by atoms with Gasteiger partial charge in [0, 0.05) is 6.54 Å². The van der Waals surface area contributed by atoms with Crippen LogP contribution in [0, 0.1) is 5.82 Å². The van der Waals surface area contributed by atoms with Crippen LogP contribution in [0.3, 0.4) is 0 Å². The van der Waals surface area contributed by atoms with E-state index in [0.717, 1.165) is 12.0 Å². The van der Waals surface area contributed by atoms with Gasteiger partial charge in [0.05, 0.1) is 12.2 Å². The lowest BCUT2D eigenvalue weighted by molar-refractivity contribution is -0.117. The highest BCUT2D eigenvalue weighted by Crippen LogP contribution is 2.30. The highest BCUT2D eigenvalue weighted by atomic mass is 19.1. The molecule has 0 aromatic heterocycles. The zero-order valence-electron chi connectivity index (χ0n) is 8.59. The Hall–Kier alpha value is -1.42. The van der Waals surface area contributed by atoms with Gasteiger partial charge in [0.1, 0.15) is 5.82 Å². The first-order chi connectivity index (χ1) is 7.24. The number of benzene rings is 1. The summed E-state index contributed by atoms with van der Waals surface area (Å²) >= 11 is 0. The fourth-order valence-corrected chi connectivity index (χ4v) is 1.90. The highest BCUT2D eigenvalue weighted by Gasteiger charge is 2.26. The minimum Gasteiger partial charge on any atom is -0.311 e. The van der Waals surface area contributed by atoms with Crippen LogP contribution in [0.15, 0.2) is 18.2 Å². The summed E-state index contributed by atoms with van der Waals surface area (Å²) in [5, 5.41) is 2.78. The molecule has 3 nitrogen and oxygen atoms in total. The van der Waals surface area contributed by atoms with Gasteiger partial charge in [-0.3, -0.25) is 4.79 Å². The Morgan fingerprint density at radius 3 is 3.13 bits per heavy atom. The van der Waals surface area contributed by atoms with Crippen molar-refractivity contribution in [1.82, 2.24) is 5.32 Å². The summed E-state index contributed by atoms with van der Waals surface area (Å²) in [7, 11) is 1.70. The highest BCUT2D eigenvalue weighted by molar-refractivity contribution is 5.96. The first-order valence-corrected chi connectivity index (χ1v) is 4.96. The predicted molar refractivity (Wildman–Crippen MR) is 56.4 cm³/mol. The fraction of sp³-hybridized carbons (Fsp3) is 0.364. The fourth-order valence-electron chi connectivity index (χ4n) is 1.90. The van der Waals surface area contributed by atoms with Crippen molar-refractivity contribution in [3.63, 3.8) is 0 Å². The summed E-state index contributed by atoms with van der Waals surface area (Å²) < 4.78 is 13.5. The first-order valence-electron chi connectivity index (χ1n) is 4.96. The molecule has 0 bridgehead atoms. The molecular weight excluding hydrogens is 195 g/mol. The topological polar surface area (TPSA) is 32.3 Å². The van der Waals surface area contributed by atoms with E-state index in [9.17, 15) is 9.18 Å². The second-order valence-corrected chi connectivity index (χ2v) is 3.57. The zero-order valence-corrected chi connectivity index (χ0v) is 8.59. The minimum atomic E-state index is -0.311. The third-order valence-corrected chi connectivity index (χ3v) is 2.57. The maximum absolute atomic E-state index is 13.5. The third-order valence-electron chi connectivity index (χ3n) is 2.57. The molecule has 4 heteroatoms. The second kappa shape index (κ2) is 3.98. The van der Waals surface area contributed by atoms with Gasteiger partial charge in [0.15, 0.2) is 0 Å². The van der Waals surface area contributed by atoms with Gasteiger partial charge in [-0.25, -0.2) is 4.39 Å². The number of amides is 1. The van der Waals surface area contributed by atoms with E-state index in [-0.39, 0.29) is 18.3 Å². The Kier molecular flexibility index (Phi) is 2.68. The number of nitrogens with one attached hydrogen (secondary N) is 1. The first kappa shape index (κ1) is 10.1. The lowest BCUT2D eigenvalue weighted by Gasteiger charge is -2.17. The number of rotatable bonds is 2. The second-order valence-electron chi connectivity index (χ2n) is 3.57. The number of anilines is 1. The summed E-state index contributed by atoms with van der Waals surface area (Å²) in [6.45, 7) is 0.824. The SMILES string of the molecule is CNCC(=O)N1CCc2cccc(F)c21. The molecule has 0 saturated carbocycles. The molecule has 1 aromatic rings. The number of carbonyl (C=O) groups excluding carboxylic acids is 1. The molecule has 0 unspecified atom stereocenters. The molecule has 0 atom stereocenters. The summed E-state index contributed by atoms with van der Waals surface area (Å²) in [4.78, 5) is 13.2. The van der Waals surface area contributed by atoms with Gasteiger partial charge < -0.3 is 10.2 Å². The van der Waals surface area contributed by atoms with Crippen molar-refractivity contribution in [2.45, 2.75) is 6.42 Å². The number of hydrogen-bond acceptors (Lipinski definition) is 2. The Labute approximate surface area is 87.9 Å². The van der Waals surface area contributed by atoms with Gasteiger partial charge in [0.25, 0.3) is 0 Å². The van der Waals surface area contributed by atoms with Crippen LogP contribution in [-0.2, 0) is 11.2 Å². The average molecular weight is 208 g/mol. The molecule has 15 heavy (non-hydrogen) atoms. The molecule has 0 radical (unpaired) electrons. The lowest BCUT2D eigenvalue weighted by Crippen LogP contribution is -2.36. The predicted octanol–water partition coefficient (Wildman–Crippen LogP) is 0.934. The van der Waals surface area contributed by atoms with E-state index in [2.05, 4.69) is 5.32 Å². The van der Waals surface area contributed by atoms with Crippen LogP contribution in [0.4, 0.5) is 10.1 Å². The van der Waals surface area contributed by atoms with Crippen molar-refractivity contribution in [2.24, 2.45) is 0 Å². The zero-order chi connectivity index (χ0) is 10.8. The molecular formula is C11H13FN2O. The maximum Gasteiger partial charge on any atom is 0.241 e. The summed E-state index contributed by atoms with van der Waals surface area (Å²) in [5.41, 5.74) is 1.37. The molecule has 0 aliphatic carbocycles. The molecule has 0 fully saturated rings. The Bertz CT molecular complexity index is 392. The van der Waals surface area contributed by atoms with E-state index in [0.29, 0.717) is 12.2 Å². The minimum absolute atomic E-state index is 0.0821. The maximum atomic E-state index is 13.5. The van der Waals surface area contributed by atoms with Crippen molar-refractivity contribution in [1.29, 1.82) is 0 Å². The summed E-state index contributed by atoms with van der Waals surface area (Å²) in [5.74, 6) is -0.393. The standard InChI is InChI=1S/C11H13FN2O/c1-13-7-10(15)14-6-5-8-3-2-4-9(12)11(8)14/h2-4,13H,5-7H2,1H3. The van der Waals surface area contributed by atoms with Crippen LogP contribution in [0.1, 0.15) is 5.56 Å². The van der Waals surface area contributed by atoms with E-state index in [1.807, 2.05) is 6.07 Å². The van der Waals surface area contributed by atoms with Crippen LogP contribution in [0.5, 0.6) is 0 Å². The van der Waals surface area contributed by atoms with E-state index in [4.69, 9.17) is 0 Å². The van der Waals surface area contributed by atoms with Crippen molar-refractivity contribution in [3.8, 4) is 0 Å². The van der Waals surface area contributed by atoms with Crippen molar-refractivity contribution in [3.05, 3.63) is 29.6 Å². The summed E-state index contributed by atoms with van der Waals surface area (Å²) in [6.07, 6.45) is 0.739. The Balaban J connectivity index is 2.31. The Morgan fingerprint density at radius 2 is 2.40 bits per heavy atom. The van der Waals surface area contributed by atoms with Gasteiger partial charge in [-0.15, -0.1) is 0 Å². The van der Waals surface area contributed by atoms with Crippen LogP contribution in [0.25, 0.3) is 0 Å². The molecule has 1 aliphatic heterocycles. The number of hydrogen-bond donors (Lipinski definition) is 1. The third kappa shape index (κ3) is 1.72. The van der Waals surface area contributed by atoms with Crippen LogP contribution in [0.2, 0.25) is 0 Å².